The van der Waals surface area contributed by atoms with E-state index in [-0.39, 0.29) is 24.6 Å². The zero-order chi connectivity index (χ0) is 23.4. The first-order chi connectivity index (χ1) is 16.0. The molecule has 1 aromatic carbocycles. The van der Waals surface area contributed by atoms with Gasteiger partial charge in [0.2, 0.25) is 5.91 Å². The molecule has 4 rings (SSSR count). The van der Waals surface area contributed by atoms with Gasteiger partial charge in [0.25, 0.3) is 5.91 Å². The summed E-state index contributed by atoms with van der Waals surface area (Å²) in [5.74, 6) is 0.338. The van der Waals surface area contributed by atoms with E-state index >= 15 is 0 Å². The molecule has 2 amide bonds. The lowest BCUT2D eigenvalue weighted by atomic mass is 10.0. The normalized spacial score (nSPS) is 25.2. The lowest BCUT2D eigenvalue weighted by Gasteiger charge is -2.37. The van der Waals surface area contributed by atoms with Crippen molar-refractivity contribution in [2.45, 2.75) is 30.8 Å². The van der Waals surface area contributed by atoms with Crippen LogP contribution in [0.2, 0.25) is 0 Å². The Bertz CT molecular complexity index is 943. The Morgan fingerprint density at radius 1 is 1.06 bits per heavy atom. The summed E-state index contributed by atoms with van der Waals surface area (Å²) >= 11 is 0. The van der Waals surface area contributed by atoms with Gasteiger partial charge in [-0.15, -0.1) is 0 Å². The van der Waals surface area contributed by atoms with Gasteiger partial charge < -0.3 is 39.2 Å². The maximum Gasteiger partial charge on any atom is 0.287 e. The van der Waals surface area contributed by atoms with Crippen LogP contribution in [-0.2, 0) is 9.53 Å². The van der Waals surface area contributed by atoms with E-state index in [0.717, 1.165) is 11.4 Å². The van der Waals surface area contributed by atoms with Crippen molar-refractivity contribution in [3.05, 3.63) is 48.4 Å². The topological polar surface area (TPSA) is 125 Å². The molecule has 0 saturated carbocycles. The predicted molar refractivity (Wildman–Crippen MR) is 118 cm³/mol. The maximum atomic E-state index is 12.8. The van der Waals surface area contributed by atoms with Crippen LogP contribution in [0, 0.1) is 0 Å². The largest absolute Gasteiger partial charge is 0.495 e. The number of benzene rings is 1. The first kappa shape index (κ1) is 23.1. The van der Waals surface area contributed by atoms with E-state index in [2.05, 4.69) is 10.2 Å². The molecule has 2 fully saturated rings. The third-order valence-corrected chi connectivity index (χ3v) is 6.10. The minimum atomic E-state index is -1.21. The number of para-hydroxylation sites is 2. The van der Waals surface area contributed by atoms with Gasteiger partial charge in [0.15, 0.2) is 5.76 Å². The summed E-state index contributed by atoms with van der Waals surface area (Å²) in [6, 6.07) is 10.9. The van der Waals surface area contributed by atoms with Crippen molar-refractivity contribution in [1.29, 1.82) is 0 Å². The van der Waals surface area contributed by atoms with Gasteiger partial charge in [0.05, 0.1) is 31.6 Å². The van der Waals surface area contributed by atoms with Crippen molar-refractivity contribution in [1.82, 2.24) is 10.2 Å². The highest BCUT2D eigenvalue weighted by molar-refractivity contribution is 5.91. The van der Waals surface area contributed by atoms with E-state index in [4.69, 9.17) is 13.9 Å². The summed E-state index contributed by atoms with van der Waals surface area (Å²) in [6.45, 7) is 2.37. The Hall–Kier alpha value is -3.08. The average Bonchev–Trinajstić information content (AvgIpc) is 3.48. The lowest BCUT2D eigenvalue weighted by molar-refractivity contribution is -0.135. The zero-order valence-corrected chi connectivity index (χ0v) is 18.4. The number of hydrogen-bond donors (Lipinski definition) is 3. The quantitative estimate of drug-likeness (QED) is 0.538. The molecular weight excluding hydrogens is 430 g/mol. The molecular formula is C23H29N3O7. The summed E-state index contributed by atoms with van der Waals surface area (Å²) in [4.78, 5) is 28.7. The fourth-order valence-corrected chi connectivity index (χ4v) is 4.24. The second kappa shape index (κ2) is 10.2. The fourth-order valence-electron chi connectivity index (χ4n) is 4.24. The Morgan fingerprint density at radius 3 is 2.48 bits per heavy atom. The summed E-state index contributed by atoms with van der Waals surface area (Å²) in [7, 11) is 1.63. The van der Waals surface area contributed by atoms with Gasteiger partial charge in [0.1, 0.15) is 24.1 Å². The van der Waals surface area contributed by atoms with Crippen LogP contribution in [0.1, 0.15) is 17.0 Å². The number of ether oxygens (including phenoxy) is 2. The highest BCUT2D eigenvalue weighted by atomic mass is 16.5. The number of amides is 2. The van der Waals surface area contributed by atoms with Gasteiger partial charge in [-0.05, 0) is 24.3 Å². The molecule has 2 aliphatic heterocycles. The molecule has 10 nitrogen and oxygen atoms in total. The summed E-state index contributed by atoms with van der Waals surface area (Å²) in [5, 5.41) is 23.3. The number of hydrogen-bond acceptors (Lipinski definition) is 8. The van der Waals surface area contributed by atoms with Crippen molar-refractivity contribution in [3.8, 4) is 5.75 Å². The fraction of sp³-hybridized carbons (Fsp3) is 0.478. The van der Waals surface area contributed by atoms with Crippen molar-refractivity contribution >= 4 is 17.5 Å². The Labute approximate surface area is 191 Å². The summed E-state index contributed by atoms with van der Waals surface area (Å²) in [6.07, 6.45) is -2.74. The Kier molecular flexibility index (Phi) is 7.17. The molecule has 2 aliphatic rings. The SMILES string of the molecule is COc1ccccc1N1CCN(C(=O)C[C@H]2O[C@H](CNC(=O)c3ccco3)[C@@H](O)[C@H]2O)CC1. The van der Waals surface area contributed by atoms with Crippen LogP contribution in [0.15, 0.2) is 47.1 Å². The van der Waals surface area contributed by atoms with Gasteiger partial charge in [-0.2, -0.15) is 0 Å². The van der Waals surface area contributed by atoms with Gasteiger partial charge in [0, 0.05) is 32.7 Å². The number of nitrogens with zero attached hydrogens (tertiary/aromatic N) is 2. The van der Waals surface area contributed by atoms with E-state index in [1.165, 1.54) is 12.3 Å². The molecule has 3 heterocycles. The molecule has 0 aliphatic carbocycles. The van der Waals surface area contributed by atoms with Crippen molar-refractivity contribution < 1.29 is 33.7 Å². The summed E-state index contributed by atoms with van der Waals surface area (Å²) < 4.78 is 16.2. The molecule has 0 spiro atoms. The van der Waals surface area contributed by atoms with Crippen LogP contribution in [0.5, 0.6) is 5.75 Å². The lowest BCUT2D eigenvalue weighted by Crippen LogP contribution is -2.50. The van der Waals surface area contributed by atoms with E-state index in [0.29, 0.717) is 26.2 Å². The number of aliphatic hydroxyl groups is 2. The monoisotopic (exact) mass is 459 g/mol. The first-order valence-electron chi connectivity index (χ1n) is 11.0. The van der Waals surface area contributed by atoms with Gasteiger partial charge in [-0.25, -0.2) is 0 Å². The molecule has 10 heteroatoms. The number of carbonyl (C=O) groups is 2. The van der Waals surface area contributed by atoms with Gasteiger partial charge in [-0.1, -0.05) is 12.1 Å². The molecule has 4 atom stereocenters. The van der Waals surface area contributed by atoms with E-state index in [1.807, 2.05) is 24.3 Å². The molecule has 0 radical (unpaired) electrons. The number of methoxy groups -OCH3 is 1. The number of nitrogens with one attached hydrogen (secondary N) is 1. The van der Waals surface area contributed by atoms with Crippen molar-refractivity contribution in [2.75, 3.05) is 44.7 Å². The zero-order valence-electron chi connectivity index (χ0n) is 18.4. The number of rotatable bonds is 7. The maximum absolute atomic E-state index is 12.8. The van der Waals surface area contributed by atoms with Crippen LogP contribution < -0.4 is 15.0 Å². The van der Waals surface area contributed by atoms with Crippen LogP contribution in [-0.4, -0.2) is 91.2 Å². The van der Waals surface area contributed by atoms with Crippen molar-refractivity contribution in [2.24, 2.45) is 0 Å². The highest BCUT2D eigenvalue weighted by Gasteiger charge is 2.44. The Balaban J connectivity index is 1.26. The molecule has 0 unspecified atom stereocenters. The van der Waals surface area contributed by atoms with Crippen LogP contribution in [0.4, 0.5) is 5.69 Å². The molecule has 178 valence electrons. The van der Waals surface area contributed by atoms with Crippen LogP contribution in [0.25, 0.3) is 0 Å². The highest BCUT2D eigenvalue weighted by Crippen LogP contribution is 2.29. The standard InChI is InChI=1S/C23H29N3O7/c1-31-16-6-3-2-5-15(16)25-8-10-26(11-9-25)20(27)13-18-21(28)22(29)19(33-18)14-24-23(30)17-7-4-12-32-17/h2-7,12,18-19,21-22,28-29H,8-11,13-14H2,1H3,(H,24,30)/t18-,19-,21+,22-/m1/s1. The first-order valence-corrected chi connectivity index (χ1v) is 11.0. The van der Waals surface area contributed by atoms with E-state index < -0.39 is 30.3 Å². The molecule has 3 N–H and O–H groups in total. The third kappa shape index (κ3) is 5.13. The minimum Gasteiger partial charge on any atom is -0.495 e. The van der Waals surface area contributed by atoms with Gasteiger partial charge in [-0.3, -0.25) is 9.59 Å². The summed E-state index contributed by atoms with van der Waals surface area (Å²) in [5.41, 5.74) is 0.990. The molecule has 1 aromatic heterocycles. The second-order valence-corrected chi connectivity index (χ2v) is 8.13. The smallest absolute Gasteiger partial charge is 0.287 e. The molecule has 2 aromatic rings. The number of anilines is 1. The number of aliphatic hydroxyl groups excluding tert-OH is 2. The average molecular weight is 459 g/mol. The van der Waals surface area contributed by atoms with E-state index in [9.17, 15) is 19.8 Å². The van der Waals surface area contributed by atoms with Crippen LogP contribution >= 0.6 is 0 Å². The predicted octanol–water partition coefficient (Wildman–Crippen LogP) is 0.246. The van der Waals surface area contributed by atoms with Crippen LogP contribution in [0.3, 0.4) is 0 Å². The minimum absolute atomic E-state index is 0.0139. The second-order valence-electron chi connectivity index (χ2n) is 8.13. The molecule has 0 bridgehead atoms. The van der Waals surface area contributed by atoms with Crippen molar-refractivity contribution in [3.63, 3.8) is 0 Å². The number of carbonyl (C=O) groups excluding carboxylic acids is 2. The number of piperazine rings is 1. The third-order valence-electron chi connectivity index (χ3n) is 6.10. The van der Waals surface area contributed by atoms with Gasteiger partial charge >= 0.3 is 0 Å². The van der Waals surface area contributed by atoms with E-state index in [1.54, 1.807) is 18.1 Å². The molecule has 2 saturated heterocycles. The number of furan rings is 1. The molecule has 33 heavy (non-hydrogen) atoms. The Morgan fingerprint density at radius 2 is 1.79 bits per heavy atom.